The van der Waals surface area contributed by atoms with Crippen molar-refractivity contribution in [2.75, 3.05) is 31.5 Å². The van der Waals surface area contributed by atoms with E-state index in [1.165, 1.54) is 11.6 Å². The molecule has 2 rings (SSSR count). The molecule has 0 saturated carbocycles. The Morgan fingerprint density at radius 2 is 1.68 bits per heavy atom. The Kier molecular flexibility index (Phi) is 4.70. The maximum Gasteiger partial charge on any atom is 0.332 e. The van der Waals surface area contributed by atoms with Gasteiger partial charge < -0.3 is 14.8 Å². The van der Waals surface area contributed by atoms with Crippen molar-refractivity contribution >= 4 is 17.1 Å². The fourth-order valence-corrected chi connectivity index (χ4v) is 2.54. The minimum absolute atomic E-state index is 0.329. The molecule has 0 fully saturated rings. The van der Waals surface area contributed by atoms with Crippen LogP contribution < -0.4 is 16.6 Å². The molecule has 22 heavy (non-hydrogen) atoms. The molecule has 1 N–H and O–H groups in total. The van der Waals surface area contributed by atoms with E-state index in [-0.39, 0.29) is 11.2 Å². The first-order valence-electron chi connectivity index (χ1n) is 7.51. The zero-order valence-corrected chi connectivity index (χ0v) is 13.9. The molecule has 0 aliphatic heterocycles. The topological polar surface area (TPSA) is 77.1 Å². The van der Waals surface area contributed by atoms with E-state index in [1.54, 1.807) is 18.7 Å². The summed E-state index contributed by atoms with van der Waals surface area (Å²) in [6.45, 7) is 7.86. The summed E-state index contributed by atoms with van der Waals surface area (Å²) in [5, 5.41) is 3.24. The molecule has 0 bridgehead atoms. The number of imidazole rings is 1. The van der Waals surface area contributed by atoms with Gasteiger partial charge in [-0.05, 0) is 13.1 Å². The zero-order chi connectivity index (χ0) is 16.4. The van der Waals surface area contributed by atoms with Gasteiger partial charge in [-0.3, -0.25) is 13.9 Å². The third kappa shape index (κ3) is 2.66. The number of hydrogen-bond donors (Lipinski definition) is 1. The number of aromatic nitrogens is 4. The highest BCUT2D eigenvalue weighted by atomic mass is 16.2. The quantitative estimate of drug-likeness (QED) is 0.794. The molecule has 0 amide bonds. The second kappa shape index (κ2) is 6.35. The highest BCUT2D eigenvalue weighted by molar-refractivity contribution is 5.74. The number of rotatable bonds is 6. The van der Waals surface area contributed by atoms with Gasteiger partial charge in [0.1, 0.15) is 0 Å². The number of nitrogens with one attached hydrogen (secondary N) is 1. The summed E-state index contributed by atoms with van der Waals surface area (Å²) in [5.74, 6) is 0.598. The minimum Gasteiger partial charge on any atom is -0.354 e. The summed E-state index contributed by atoms with van der Waals surface area (Å²) in [4.78, 5) is 30.9. The zero-order valence-electron chi connectivity index (χ0n) is 13.9. The van der Waals surface area contributed by atoms with Crippen LogP contribution in [0.4, 0.5) is 5.95 Å². The molecule has 0 aliphatic carbocycles. The predicted octanol–water partition coefficient (Wildman–Crippen LogP) is -0.276. The third-order valence-corrected chi connectivity index (χ3v) is 4.08. The molecule has 0 radical (unpaired) electrons. The monoisotopic (exact) mass is 308 g/mol. The summed E-state index contributed by atoms with van der Waals surface area (Å²) in [7, 11) is 4.88. The van der Waals surface area contributed by atoms with Gasteiger partial charge in [-0.1, -0.05) is 13.8 Å². The number of aryl methyl sites for hydroxylation is 2. The molecule has 2 aromatic heterocycles. The van der Waals surface area contributed by atoms with E-state index in [1.807, 2.05) is 0 Å². The van der Waals surface area contributed by atoms with Gasteiger partial charge in [-0.15, -0.1) is 0 Å². The standard InChI is InChI=1S/C14H24N6O2/c1-6-20(7-2)9-8-15-13-16-11-10(17(13)3)12(21)19(5)14(22)18(11)4/h6-9H2,1-5H3,(H,15,16). The molecule has 0 saturated heterocycles. The summed E-state index contributed by atoms with van der Waals surface area (Å²) in [6, 6.07) is 0. The molecule has 0 aliphatic rings. The van der Waals surface area contributed by atoms with Gasteiger partial charge in [-0.25, -0.2) is 4.79 Å². The van der Waals surface area contributed by atoms with Crippen molar-refractivity contribution in [3.63, 3.8) is 0 Å². The fraction of sp³-hybridized carbons (Fsp3) is 0.643. The maximum atomic E-state index is 12.3. The maximum absolute atomic E-state index is 12.3. The largest absolute Gasteiger partial charge is 0.354 e. The lowest BCUT2D eigenvalue weighted by atomic mass is 10.4. The average Bonchev–Trinajstić information content (AvgIpc) is 2.84. The van der Waals surface area contributed by atoms with Gasteiger partial charge in [0, 0.05) is 34.2 Å². The smallest absolute Gasteiger partial charge is 0.332 e. The number of fused-ring (bicyclic) bond motifs is 1. The Bertz CT molecular complexity index is 781. The van der Waals surface area contributed by atoms with Crippen LogP contribution in [-0.4, -0.2) is 49.8 Å². The van der Waals surface area contributed by atoms with Crippen molar-refractivity contribution in [3.05, 3.63) is 20.8 Å². The Morgan fingerprint density at radius 3 is 2.27 bits per heavy atom. The molecule has 122 valence electrons. The third-order valence-electron chi connectivity index (χ3n) is 4.08. The summed E-state index contributed by atoms with van der Waals surface area (Å²) < 4.78 is 4.20. The van der Waals surface area contributed by atoms with Gasteiger partial charge in [0.05, 0.1) is 0 Å². The van der Waals surface area contributed by atoms with Crippen LogP contribution in [0.15, 0.2) is 9.59 Å². The van der Waals surface area contributed by atoms with E-state index in [0.717, 1.165) is 30.7 Å². The van der Waals surface area contributed by atoms with Crippen LogP contribution in [0.1, 0.15) is 13.8 Å². The Labute approximate surface area is 129 Å². The molecule has 8 heteroatoms. The number of likely N-dealkylation sites (N-methyl/N-ethyl adjacent to an activating group) is 1. The highest BCUT2D eigenvalue weighted by Crippen LogP contribution is 2.12. The van der Waals surface area contributed by atoms with Crippen molar-refractivity contribution < 1.29 is 0 Å². The van der Waals surface area contributed by atoms with E-state index in [2.05, 4.69) is 29.0 Å². The van der Waals surface area contributed by atoms with Crippen LogP contribution in [0.25, 0.3) is 11.2 Å². The Hall–Kier alpha value is -2.09. The van der Waals surface area contributed by atoms with E-state index in [9.17, 15) is 9.59 Å². The first kappa shape index (κ1) is 16.3. The molecule has 2 aromatic rings. The van der Waals surface area contributed by atoms with Crippen molar-refractivity contribution in [2.45, 2.75) is 13.8 Å². The lowest BCUT2D eigenvalue weighted by Crippen LogP contribution is -2.37. The van der Waals surface area contributed by atoms with E-state index >= 15 is 0 Å². The molecule has 0 atom stereocenters. The van der Waals surface area contributed by atoms with E-state index in [4.69, 9.17) is 0 Å². The Morgan fingerprint density at radius 1 is 1.05 bits per heavy atom. The van der Waals surface area contributed by atoms with E-state index < -0.39 is 0 Å². The first-order chi connectivity index (χ1) is 10.4. The SMILES string of the molecule is CCN(CC)CCNc1nc2c(c(=O)n(C)c(=O)n2C)n1C. The van der Waals surface area contributed by atoms with Gasteiger partial charge >= 0.3 is 5.69 Å². The molecule has 0 unspecified atom stereocenters. The van der Waals surface area contributed by atoms with Gasteiger partial charge in [-0.2, -0.15) is 4.98 Å². The number of nitrogens with zero attached hydrogens (tertiary/aromatic N) is 5. The number of hydrogen-bond acceptors (Lipinski definition) is 5. The van der Waals surface area contributed by atoms with Crippen molar-refractivity contribution in [1.82, 2.24) is 23.6 Å². The van der Waals surface area contributed by atoms with Gasteiger partial charge in [0.15, 0.2) is 11.2 Å². The van der Waals surface area contributed by atoms with Gasteiger partial charge in [0.25, 0.3) is 5.56 Å². The summed E-state index contributed by atoms with van der Waals surface area (Å²) in [5.41, 5.74) is 0.131. The number of anilines is 1. The first-order valence-corrected chi connectivity index (χ1v) is 7.51. The van der Waals surface area contributed by atoms with Crippen LogP contribution >= 0.6 is 0 Å². The lowest BCUT2D eigenvalue weighted by Gasteiger charge is -2.18. The highest BCUT2D eigenvalue weighted by Gasteiger charge is 2.16. The Balaban J connectivity index is 2.36. The second-order valence-electron chi connectivity index (χ2n) is 5.33. The minimum atomic E-state index is -0.370. The normalized spacial score (nSPS) is 11.5. The van der Waals surface area contributed by atoms with Crippen LogP contribution in [0, 0.1) is 0 Å². The molecule has 2 heterocycles. The van der Waals surface area contributed by atoms with E-state index in [0.29, 0.717) is 17.1 Å². The predicted molar refractivity (Wildman–Crippen MR) is 87.5 cm³/mol. The molecule has 8 nitrogen and oxygen atoms in total. The van der Waals surface area contributed by atoms with Crippen LogP contribution in [0.2, 0.25) is 0 Å². The van der Waals surface area contributed by atoms with Crippen molar-refractivity contribution in [2.24, 2.45) is 21.1 Å². The second-order valence-corrected chi connectivity index (χ2v) is 5.33. The molecular formula is C14H24N6O2. The molecule has 0 spiro atoms. The van der Waals surface area contributed by atoms with Crippen molar-refractivity contribution in [1.29, 1.82) is 0 Å². The van der Waals surface area contributed by atoms with Crippen molar-refractivity contribution in [3.8, 4) is 0 Å². The molecule has 0 aromatic carbocycles. The van der Waals surface area contributed by atoms with Crippen LogP contribution in [0.3, 0.4) is 0 Å². The molecular weight excluding hydrogens is 284 g/mol. The fourth-order valence-electron chi connectivity index (χ4n) is 2.54. The summed E-state index contributed by atoms with van der Waals surface area (Å²) in [6.07, 6.45) is 0. The van der Waals surface area contributed by atoms with Crippen LogP contribution in [-0.2, 0) is 21.1 Å². The summed E-state index contributed by atoms with van der Waals surface area (Å²) >= 11 is 0. The lowest BCUT2D eigenvalue weighted by molar-refractivity contribution is 0.315. The van der Waals surface area contributed by atoms with Gasteiger partial charge in [0.2, 0.25) is 5.95 Å². The average molecular weight is 308 g/mol. The van der Waals surface area contributed by atoms with Crippen LogP contribution in [0.5, 0.6) is 0 Å².